The molecule has 0 aromatic heterocycles. The highest BCUT2D eigenvalue weighted by atomic mass is 35.5. The van der Waals surface area contributed by atoms with Crippen LogP contribution in [0.2, 0.25) is 5.02 Å². The van der Waals surface area contributed by atoms with Crippen LogP contribution in [-0.4, -0.2) is 17.7 Å². The Morgan fingerprint density at radius 2 is 2.27 bits per heavy atom. The maximum Gasteiger partial charge on any atom is 0.280 e. The summed E-state index contributed by atoms with van der Waals surface area (Å²) in [7, 11) is 0. The second-order valence-electron chi connectivity index (χ2n) is 6.03. The van der Waals surface area contributed by atoms with E-state index in [9.17, 15) is 4.79 Å². The first-order valence-electron chi connectivity index (χ1n) is 7.74. The molecular weight excluding hydrogens is 300 g/mol. The molecule has 1 aromatic rings. The maximum absolute atomic E-state index is 12.1. The van der Waals surface area contributed by atoms with E-state index < -0.39 is 6.10 Å². The van der Waals surface area contributed by atoms with Gasteiger partial charge in [0.05, 0.1) is 0 Å². The first kappa shape index (κ1) is 16.8. The van der Waals surface area contributed by atoms with Crippen molar-refractivity contribution >= 4 is 23.2 Å². The molecule has 0 bridgehead atoms. The summed E-state index contributed by atoms with van der Waals surface area (Å²) in [5.41, 5.74) is 4.60. The van der Waals surface area contributed by atoms with E-state index in [0.717, 1.165) is 30.5 Å². The largest absolute Gasteiger partial charge is 0.481 e. The van der Waals surface area contributed by atoms with E-state index in [0.29, 0.717) is 16.7 Å². The van der Waals surface area contributed by atoms with Crippen molar-refractivity contribution in [3.63, 3.8) is 0 Å². The molecule has 2 rings (SSSR count). The monoisotopic (exact) mass is 322 g/mol. The van der Waals surface area contributed by atoms with Crippen molar-refractivity contribution in [2.24, 2.45) is 11.0 Å². The van der Waals surface area contributed by atoms with Crippen molar-refractivity contribution in [3.8, 4) is 5.75 Å². The van der Waals surface area contributed by atoms with Gasteiger partial charge >= 0.3 is 0 Å². The Balaban J connectivity index is 1.90. The van der Waals surface area contributed by atoms with E-state index in [1.165, 1.54) is 6.42 Å². The van der Waals surface area contributed by atoms with Gasteiger partial charge in [-0.2, -0.15) is 5.10 Å². The molecule has 0 radical (unpaired) electrons. The fourth-order valence-electron chi connectivity index (χ4n) is 2.58. The first-order valence-corrected chi connectivity index (χ1v) is 8.11. The molecule has 5 heteroatoms. The van der Waals surface area contributed by atoms with Gasteiger partial charge in [0.25, 0.3) is 5.91 Å². The minimum Gasteiger partial charge on any atom is -0.481 e. The second kappa shape index (κ2) is 7.63. The van der Waals surface area contributed by atoms with Crippen LogP contribution in [0, 0.1) is 12.8 Å². The van der Waals surface area contributed by atoms with Gasteiger partial charge in [0.15, 0.2) is 6.10 Å². The van der Waals surface area contributed by atoms with Crippen LogP contribution in [0.25, 0.3) is 0 Å². The highest BCUT2D eigenvalue weighted by Gasteiger charge is 2.17. The summed E-state index contributed by atoms with van der Waals surface area (Å²) in [6, 6.07) is 5.33. The predicted octanol–water partition coefficient (Wildman–Crippen LogP) is 4.10. The molecule has 22 heavy (non-hydrogen) atoms. The molecule has 1 saturated carbocycles. The van der Waals surface area contributed by atoms with Gasteiger partial charge in [0.2, 0.25) is 0 Å². The average Bonchev–Trinajstić information content (AvgIpc) is 2.47. The number of aryl methyl sites for hydroxylation is 1. The normalized spacial score (nSPS) is 21.5. The molecule has 1 N–H and O–H groups in total. The molecule has 1 amide bonds. The van der Waals surface area contributed by atoms with Crippen LogP contribution in [0.5, 0.6) is 5.75 Å². The highest BCUT2D eigenvalue weighted by molar-refractivity contribution is 6.30. The van der Waals surface area contributed by atoms with Crippen LogP contribution in [0.1, 0.15) is 45.1 Å². The van der Waals surface area contributed by atoms with E-state index in [2.05, 4.69) is 17.5 Å². The van der Waals surface area contributed by atoms with Gasteiger partial charge in [-0.05, 0) is 69.2 Å². The molecule has 1 aliphatic carbocycles. The Hall–Kier alpha value is -1.55. The summed E-state index contributed by atoms with van der Waals surface area (Å²) >= 11 is 5.91. The van der Waals surface area contributed by atoms with Crippen LogP contribution in [0.15, 0.2) is 23.3 Å². The fraction of sp³-hybridized carbons (Fsp3) is 0.529. The third-order valence-electron chi connectivity index (χ3n) is 3.88. The molecule has 1 fully saturated rings. The van der Waals surface area contributed by atoms with Crippen LogP contribution in [-0.2, 0) is 4.79 Å². The molecule has 1 aliphatic rings. The van der Waals surface area contributed by atoms with Crippen molar-refractivity contribution in [1.82, 2.24) is 5.43 Å². The molecule has 120 valence electrons. The molecular formula is C17H23ClN2O2. The molecule has 0 heterocycles. The zero-order valence-corrected chi connectivity index (χ0v) is 14.1. The zero-order chi connectivity index (χ0) is 16.1. The van der Waals surface area contributed by atoms with Crippen LogP contribution < -0.4 is 10.2 Å². The van der Waals surface area contributed by atoms with E-state index in [-0.39, 0.29) is 5.91 Å². The Kier molecular flexibility index (Phi) is 5.83. The van der Waals surface area contributed by atoms with E-state index >= 15 is 0 Å². The summed E-state index contributed by atoms with van der Waals surface area (Å²) in [5, 5.41) is 4.90. The van der Waals surface area contributed by atoms with Crippen molar-refractivity contribution in [2.75, 3.05) is 0 Å². The van der Waals surface area contributed by atoms with Crippen molar-refractivity contribution in [1.29, 1.82) is 0 Å². The molecule has 1 aromatic carbocycles. The van der Waals surface area contributed by atoms with Crippen LogP contribution in [0.4, 0.5) is 0 Å². The molecule has 0 aliphatic heterocycles. The third kappa shape index (κ3) is 4.73. The Morgan fingerprint density at radius 1 is 1.50 bits per heavy atom. The molecule has 2 unspecified atom stereocenters. The van der Waals surface area contributed by atoms with Crippen LogP contribution in [0.3, 0.4) is 0 Å². The average molecular weight is 323 g/mol. The number of nitrogens with one attached hydrogen (secondary N) is 1. The van der Waals surface area contributed by atoms with Crippen molar-refractivity contribution in [3.05, 3.63) is 28.8 Å². The molecule has 0 saturated heterocycles. The molecule has 2 atom stereocenters. The fourth-order valence-corrected chi connectivity index (χ4v) is 2.80. The topological polar surface area (TPSA) is 50.7 Å². The van der Waals surface area contributed by atoms with Gasteiger partial charge in [-0.1, -0.05) is 18.5 Å². The molecule has 0 spiro atoms. The lowest BCUT2D eigenvalue weighted by Crippen LogP contribution is -2.34. The molecule has 4 nitrogen and oxygen atoms in total. The summed E-state index contributed by atoms with van der Waals surface area (Å²) in [6.07, 6.45) is 3.71. The number of benzene rings is 1. The smallest absolute Gasteiger partial charge is 0.280 e. The summed E-state index contributed by atoms with van der Waals surface area (Å²) < 4.78 is 5.68. The van der Waals surface area contributed by atoms with Crippen molar-refractivity contribution in [2.45, 2.75) is 52.6 Å². The van der Waals surface area contributed by atoms with E-state index in [4.69, 9.17) is 16.3 Å². The summed E-state index contributed by atoms with van der Waals surface area (Å²) in [4.78, 5) is 12.1. The summed E-state index contributed by atoms with van der Waals surface area (Å²) in [5.74, 6) is 1.07. The van der Waals surface area contributed by atoms with Gasteiger partial charge in [0.1, 0.15) is 5.75 Å². The van der Waals surface area contributed by atoms with Gasteiger partial charge in [-0.25, -0.2) is 5.43 Å². The van der Waals surface area contributed by atoms with Gasteiger partial charge in [-0.15, -0.1) is 0 Å². The predicted molar refractivity (Wildman–Crippen MR) is 89.5 cm³/mol. The number of carbonyl (C=O) groups is 1. The minimum absolute atomic E-state index is 0.236. The number of halogens is 1. The lowest BCUT2D eigenvalue weighted by molar-refractivity contribution is -0.127. The Labute approximate surface area is 136 Å². The van der Waals surface area contributed by atoms with Crippen LogP contribution >= 0.6 is 11.6 Å². The number of nitrogens with zero attached hydrogens (tertiary/aromatic N) is 1. The second-order valence-corrected chi connectivity index (χ2v) is 6.46. The third-order valence-corrected chi connectivity index (χ3v) is 4.12. The first-order chi connectivity index (χ1) is 10.5. The number of hydrogen-bond donors (Lipinski definition) is 1. The number of carbonyl (C=O) groups excluding carboxylic acids is 1. The van der Waals surface area contributed by atoms with E-state index in [1.807, 2.05) is 13.0 Å². The van der Waals surface area contributed by atoms with E-state index in [1.54, 1.807) is 19.1 Å². The maximum atomic E-state index is 12.1. The number of hydrazone groups is 1. The minimum atomic E-state index is -0.606. The van der Waals surface area contributed by atoms with Gasteiger partial charge < -0.3 is 4.74 Å². The quantitative estimate of drug-likeness (QED) is 0.848. The van der Waals surface area contributed by atoms with Gasteiger partial charge in [0, 0.05) is 10.7 Å². The SMILES string of the molecule is Cc1cc(Cl)ccc1OC(C)C(=O)N/N=C1\CCCC(C)C1. The Morgan fingerprint density at radius 3 is 2.95 bits per heavy atom. The van der Waals surface area contributed by atoms with Gasteiger partial charge in [-0.3, -0.25) is 4.79 Å². The number of ether oxygens (including phenoxy) is 1. The zero-order valence-electron chi connectivity index (χ0n) is 13.4. The lowest BCUT2D eigenvalue weighted by Gasteiger charge is -2.19. The Bertz CT molecular complexity index is 572. The highest BCUT2D eigenvalue weighted by Crippen LogP contribution is 2.23. The number of rotatable bonds is 4. The number of amides is 1. The summed E-state index contributed by atoms with van der Waals surface area (Å²) in [6.45, 7) is 5.83. The standard InChI is InChI=1S/C17H23ClN2O2/c1-11-5-4-6-15(9-11)19-20-17(21)13(3)22-16-8-7-14(18)10-12(16)2/h7-8,10-11,13H,4-6,9H2,1-3H3,(H,20,21)/b19-15+. The number of hydrogen-bond acceptors (Lipinski definition) is 3. The lowest BCUT2D eigenvalue weighted by atomic mass is 9.89. The van der Waals surface area contributed by atoms with Crippen molar-refractivity contribution < 1.29 is 9.53 Å².